The molecule has 8 nitrogen and oxygen atoms in total. The number of hydrogen-bond acceptors (Lipinski definition) is 7. The molecule has 2 heterocycles. The van der Waals surface area contributed by atoms with Crippen LogP contribution < -0.4 is 10.9 Å². The molecule has 2 aromatic heterocycles. The number of aromatic nitrogens is 3. The lowest BCUT2D eigenvalue weighted by molar-refractivity contribution is -0.113. The predicted molar refractivity (Wildman–Crippen MR) is 119 cm³/mol. The fourth-order valence-electron chi connectivity index (χ4n) is 3.26. The minimum Gasteiger partial charge on any atom is -0.465 e. The van der Waals surface area contributed by atoms with E-state index >= 15 is 0 Å². The molecule has 1 N–H and O–H groups in total. The van der Waals surface area contributed by atoms with Crippen LogP contribution >= 0.6 is 23.4 Å². The van der Waals surface area contributed by atoms with E-state index in [4.69, 9.17) is 16.3 Å². The Bertz CT molecular complexity index is 1310. The van der Waals surface area contributed by atoms with Gasteiger partial charge in [0.2, 0.25) is 5.91 Å². The molecule has 0 spiro atoms. The normalized spacial score (nSPS) is 13.2. The molecule has 0 aliphatic heterocycles. The monoisotopic (exact) mass is 476 g/mol. The number of amides is 1. The summed E-state index contributed by atoms with van der Waals surface area (Å²) in [4.78, 5) is 46.1. The van der Waals surface area contributed by atoms with Crippen LogP contribution in [0, 0.1) is 12.7 Å². The molecule has 0 atom stereocenters. The smallest absolute Gasteiger partial charge is 0.338 e. The average molecular weight is 477 g/mol. The molecule has 4 rings (SSSR count). The van der Waals surface area contributed by atoms with E-state index in [0.717, 1.165) is 30.7 Å². The molecule has 0 unspecified atom stereocenters. The highest BCUT2D eigenvalue weighted by atomic mass is 35.5. The Balaban J connectivity index is 1.66. The van der Waals surface area contributed by atoms with Crippen LogP contribution in [0.1, 0.15) is 34.9 Å². The SMILES string of the molecule is COC(=O)c1cc(C)nc2c1c(=O)nc(SCC(=O)Nc1ccc(F)c(Cl)c1)n2C1CC1. The Morgan fingerprint density at radius 2 is 2.06 bits per heavy atom. The zero-order valence-electron chi connectivity index (χ0n) is 17.1. The lowest BCUT2D eigenvalue weighted by atomic mass is 10.1. The van der Waals surface area contributed by atoms with Gasteiger partial charge in [-0.2, -0.15) is 4.98 Å². The van der Waals surface area contributed by atoms with Crippen LogP contribution in [0.3, 0.4) is 0 Å². The topological polar surface area (TPSA) is 103 Å². The van der Waals surface area contributed by atoms with Crippen molar-refractivity contribution in [2.24, 2.45) is 0 Å². The number of fused-ring (bicyclic) bond motifs is 1. The van der Waals surface area contributed by atoms with E-state index in [-0.39, 0.29) is 33.7 Å². The third-order valence-electron chi connectivity index (χ3n) is 4.83. The maximum Gasteiger partial charge on any atom is 0.338 e. The lowest BCUT2D eigenvalue weighted by Gasteiger charge is -2.15. The molecular weight excluding hydrogens is 459 g/mol. The summed E-state index contributed by atoms with van der Waals surface area (Å²) in [6.45, 7) is 1.72. The summed E-state index contributed by atoms with van der Waals surface area (Å²) in [7, 11) is 1.24. The zero-order valence-corrected chi connectivity index (χ0v) is 18.7. The number of carbonyl (C=O) groups is 2. The number of methoxy groups -OCH3 is 1. The number of thioether (sulfide) groups is 1. The van der Waals surface area contributed by atoms with Crippen LogP contribution in [0.2, 0.25) is 5.02 Å². The number of benzene rings is 1. The van der Waals surface area contributed by atoms with E-state index in [2.05, 4.69) is 15.3 Å². The molecule has 3 aromatic rings. The third kappa shape index (κ3) is 4.46. The number of anilines is 1. The minimum atomic E-state index is -0.639. The van der Waals surface area contributed by atoms with Crippen LogP contribution in [-0.4, -0.2) is 39.3 Å². The maximum atomic E-state index is 13.3. The van der Waals surface area contributed by atoms with Gasteiger partial charge in [-0.15, -0.1) is 0 Å². The van der Waals surface area contributed by atoms with Gasteiger partial charge in [-0.05, 0) is 44.0 Å². The van der Waals surface area contributed by atoms with E-state index in [1.165, 1.54) is 25.3 Å². The molecule has 1 fully saturated rings. The Kier molecular flexibility index (Phi) is 6.16. The van der Waals surface area contributed by atoms with Crippen molar-refractivity contribution in [2.45, 2.75) is 31.0 Å². The molecule has 11 heteroatoms. The van der Waals surface area contributed by atoms with E-state index in [0.29, 0.717) is 22.2 Å². The lowest BCUT2D eigenvalue weighted by Crippen LogP contribution is -2.21. The van der Waals surface area contributed by atoms with Crippen molar-refractivity contribution < 1.29 is 18.7 Å². The molecule has 1 saturated carbocycles. The first kappa shape index (κ1) is 22.2. The zero-order chi connectivity index (χ0) is 23.0. The van der Waals surface area contributed by atoms with E-state index < -0.39 is 17.3 Å². The number of nitrogens with one attached hydrogen (secondary N) is 1. The van der Waals surface area contributed by atoms with Crippen LogP contribution in [0.15, 0.2) is 34.2 Å². The number of aryl methyl sites for hydroxylation is 1. The van der Waals surface area contributed by atoms with E-state index in [1.54, 1.807) is 6.92 Å². The minimum absolute atomic E-state index is 0.0463. The number of ether oxygens (including phenoxy) is 1. The van der Waals surface area contributed by atoms with Gasteiger partial charge in [-0.25, -0.2) is 14.2 Å². The first-order chi connectivity index (χ1) is 15.3. The number of halogens is 2. The van der Waals surface area contributed by atoms with E-state index in [1.807, 2.05) is 4.57 Å². The summed E-state index contributed by atoms with van der Waals surface area (Å²) in [5.74, 6) is -1.64. The van der Waals surface area contributed by atoms with Gasteiger partial charge < -0.3 is 14.6 Å². The van der Waals surface area contributed by atoms with Crippen molar-refractivity contribution in [3.8, 4) is 0 Å². The number of rotatable bonds is 6. The van der Waals surface area contributed by atoms with Gasteiger partial charge in [0.15, 0.2) is 5.16 Å². The quantitative estimate of drug-likeness (QED) is 0.328. The van der Waals surface area contributed by atoms with Crippen LogP contribution in [0.5, 0.6) is 0 Å². The van der Waals surface area contributed by atoms with Crippen LogP contribution in [0.4, 0.5) is 10.1 Å². The van der Waals surface area contributed by atoms with Crippen molar-refractivity contribution in [3.63, 3.8) is 0 Å². The molecule has 1 aliphatic carbocycles. The Hall–Kier alpha value is -2.98. The number of nitrogens with zero attached hydrogens (tertiary/aromatic N) is 3. The number of esters is 1. The van der Waals surface area contributed by atoms with Gasteiger partial charge in [0, 0.05) is 17.4 Å². The molecule has 0 radical (unpaired) electrons. The van der Waals surface area contributed by atoms with Gasteiger partial charge in [0.1, 0.15) is 11.5 Å². The maximum absolute atomic E-state index is 13.3. The average Bonchev–Trinajstić information content (AvgIpc) is 3.58. The molecule has 1 aliphatic rings. The number of hydrogen-bond donors (Lipinski definition) is 1. The van der Waals surface area contributed by atoms with Gasteiger partial charge in [0.25, 0.3) is 5.56 Å². The molecule has 166 valence electrons. The van der Waals surface area contributed by atoms with Gasteiger partial charge >= 0.3 is 5.97 Å². The van der Waals surface area contributed by atoms with Crippen molar-refractivity contribution in [1.82, 2.24) is 14.5 Å². The van der Waals surface area contributed by atoms with Crippen molar-refractivity contribution in [1.29, 1.82) is 0 Å². The molecule has 32 heavy (non-hydrogen) atoms. The second-order valence-corrected chi connectivity index (χ2v) is 8.62. The summed E-state index contributed by atoms with van der Waals surface area (Å²) in [6, 6.07) is 5.46. The molecule has 1 aromatic carbocycles. The summed E-state index contributed by atoms with van der Waals surface area (Å²) in [6.07, 6.45) is 1.74. The Morgan fingerprint density at radius 1 is 1.31 bits per heavy atom. The largest absolute Gasteiger partial charge is 0.465 e. The standard InChI is InChI=1S/C21H18ClFN4O4S/c1-10-7-13(20(30)31-2)17-18(24-10)27(12-4-5-12)21(26-19(17)29)32-9-16(28)25-11-3-6-15(23)14(22)8-11/h3,6-8,12H,4-5,9H2,1-2H3,(H,25,28). The highest BCUT2D eigenvalue weighted by Gasteiger charge is 2.30. The first-order valence-corrected chi connectivity index (χ1v) is 11.0. The van der Waals surface area contributed by atoms with Crippen molar-refractivity contribution >= 4 is 52.0 Å². The van der Waals surface area contributed by atoms with Crippen molar-refractivity contribution in [3.05, 3.63) is 56.7 Å². The van der Waals surface area contributed by atoms with Crippen molar-refractivity contribution in [2.75, 3.05) is 18.2 Å². The fourth-order valence-corrected chi connectivity index (χ4v) is 4.30. The molecular formula is C21H18ClFN4O4S. The number of pyridine rings is 1. The summed E-state index contributed by atoms with van der Waals surface area (Å²) < 4.78 is 19.9. The first-order valence-electron chi connectivity index (χ1n) is 9.68. The predicted octanol–water partition coefficient (Wildman–Crippen LogP) is 3.74. The Morgan fingerprint density at radius 3 is 2.72 bits per heavy atom. The molecule has 1 amide bonds. The highest BCUT2D eigenvalue weighted by Crippen LogP contribution is 2.39. The van der Waals surface area contributed by atoms with Crippen LogP contribution in [-0.2, 0) is 9.53 Å². The van der Waals surface area contributed by atoms with Gasteiger partial charge in [-0.3, -0.25) is 9.59 Å². The summed E-state index contributed by atoms with van der Waals surface area (Å²) in [5, 5.41) is 2.97. The third-order valence-corrected chi connectivity index (χ3v) is 6.07. The second-order valence-electron chi connectivity index (χ2n) is 7.27. The summed E-state index contributed by atoms with van der Waals surface area (Å²) in [5.41, 5.74) is 0.761. The van der Waals surface area contributed by atoms with Crippen LogP contribution in [0.25, 0.3) is 11.0 Å². The summed E-state index contributed by atoms with van der Waals surface area (Å²) >= 11 is 6.83. The molecule has 0 saturated heterocycles. The number of carbonyl (C=O) groups excluding carboxylic acids is 2. The second kappa shape index (κ2) is 8.87. The Labute approximate surface area is 191 Å². The highest BCUT2D eigenvalue weighted by molar-refractivity contribution is 7.99. The fraction of sp³-hybridized carbons (Fsp3) is 0.286. The molecule has 0 bridgehead atoms. The van der Waals surface area contributed by atoms with E-state index in [9.17, 15) is 18.8 Å². The van der Waals surface area contributed by atoms with Gasteiger partial charge in [0.05, 0.1) is 28.8 Å². The van der Waals surface area contributed by atoms with Gasteiger partial charge in [-0.1, -0.05) is 23.4 Å².